The molecule has 2 aromatic rings. The highest BCUT2D eigenvalue weighted by molar-refractivity contribution is 5.13. The van der Waals surface area contributed by atoms with E-state index in [0.717, 1.165) is 11.4 Å². The molecule has 1 atom stereocenters. The second-order valence-corrected chi connectivity index (χ2v) is 4.54. The van der Waals surface area contributed by atoms with Gasteiger partial charge in [0.05, 0.1) is 13.2 Å². The van der Waals surface area contributed by atoms with Gasteiger partial charge >= 0.3 is 0 Å². The molecular formula is C14H17N5O. The van der Waals surface area contributed by atoms with Gasteiger partial charge in [0.15, 0.2) is 5.82 Å². The van der Waals surface area contributed by atoms with Crippen LogP contribution in [0.5, 0.6) is 0 Å². The molecule has 20 heavy (non-hydrogen) atoms. The van der Waals surface area contributed by atoms with E-state index in [1.165, 1.54) is 0 Å². The fraction of sp³-hybridized carbons (Fsp3) is 0.429. The van der Waals surface area contributed by atoms with Gasteiger partial charge in [-0.05, 0) is 16.0 Å². The number of hydrogen-bond acceptors (Lipinski definition) is 4. The molecule has 0 N–H and O–H groups in total. The average molecular weight is 271 g/mol. The Bertz CT molecular complexity index is 560. The highest BCUT2D eigenvalue weighted by Crippen LogP contribution is 2.12. The second-order valence-electron chi connectivity index (χ2n) is 4.54. The fourth-order valence-electron chi connectivity index (χ4n) is 1.87. The van der Waals surface area contributed by atoms with E-state index in [9.17, 15) is 0 Å². The molecule has 2 rings (SSSR count). The van der Waals surface area contributed by atoms with Crippen LogP contribution in [0.2, 0.25) is 0 Å². The molecule has 0 aliphatic heterocycles. The Morgan fingerprint density at radius 2 is 2.15 bits per heavy atom. The van der Waals surface area contributed by atoms with Crippen LogP contribution >= 0.6 is 0 Å². The summed E-state index contributed by atoms with van der Waals surface area (Å²) in [6.07, 6.45) is 0. The largest absolute Gasteiger partial charge is 0.376 e. The quantitative estimate of drug-likeness (QED) is 0.722. The predicted octanol–water partition coefficient (Wildman–Crippen LogP) is 1.91. The van der Waals surface area contributed by atoms with Gasteiger partial charge in [-0.1, -0.05) is 37.3 Å². The monoisotopic (exact) mass is 271 g/mol. The summed E-state index contributed by atoms with van der Waals surface area (Å²) in [5, 5.41) is 11.6. The van der Waals surface area contributed by atoms with Crippen LogP contribution in [-0.2, 0) is 17.9 Å². The first kappa shape index (κ1) is 14.2. The van der Waals surface area contributed by atoms with Crippen LogP contribution in [0.1, 0.15) is 24.2 Å². The van der Waals surface area contributed by atoms with Gasteiger partial charge in [-0.2, -0.15) is 0 Å². The van der Waals surface area contributed by atoms with E-state index in [1.807, 2.05) is 37.3 Å². The van der Waals surface area contributed by atoms with Gasteiger partial charge < -0.3 is 9.58 Å². The van der Waals surface area contributed by atoms with Crippen molar-refractivity contribution in [2.45, 2.75) is 26.0 Å². The second kappa shape index (κ2) is 7.36. The summed E-state index contributed by atoms with van der Waals surface area (Å²) in [5.41, 5.74) is 1.15. The summed E-state index contributed by atoms with van der Waals surface area (Å²) < 4.78 is 7.37. The zero-order valence-electron chi connectivity index (χ0n) is 11.4. The highest BCUT2D eigenvalue weighted by Gasteiger charge is 2.15. The normalized spacial score (nSPS) is 12.0. The molecule has 1 aromatic heterocycles. The number of benzene rings is 1. The number of nitrogens with zero attached hydrogens (tertiary/aromatic N) is 5. The van der Waals surface area contributed by atoms with E-state index in [0.29, 0.717) is 26.3 Å². The van der Waals surface area contributed by atoms with Crippen molar-refractivity contribution in [2.24, 2.45) is 0 Å². The molecule has 0 unspecified atom stereocenters. The third kappa shape index (κ3) is 3.87. The van der Waals surface area contributed by atoms with Crippen LogP contribution in [0, 0.1) is 6.57 Å². The van der Waals surface area contributed by atoms with Crippen LogP contribution in [0.25, 0.3) is 4.85 Å². The molecule has 0 saturated heterocycles. The van der Waals surface area contributed by atoms with Crippen molar-refractivity contribution in [3.05, 3.63) is 53.1 Å². The molecular weight excluding hydrogens is 254 g/mol. The molecule has 0 bridgehead atoms. The third-order valence-corrected chi connectivity index (χ3v) is 2.90. The number of tetrazole rings is 1. The Kier molecular flexibility index (Phi) is 5.21. The third-order valence-electron chi connectivity index (χ3n) is 2.90. The Morgan fingerprint density at radius 3 is 2.90 bits per heavy atom. The molecule has 0 aliphatic rings. The lowest BCUT2D eigenvalue weighted by atomic mass is 10.2. The lowest BCUT2D eigenvalue weighted by molar-refractivity contribution is 0.107. The van der Waals surface area contributed by atoms with Gasteiger partial charge in [0, 0.05) is 5.92 Å². The Balaban J connectivity index is 1.84. The van der Waals surface area contributed by atoms with Crippen LogP contribution in [0.15, 0.2) is 30.3 Å². The first-order chi connectivity index (χ1) is 9.81. The maximum absolute atomic E-state index is 6.81. The van der Waals surface area contributed by atoms with Crippen molar-refractivity contribution >= 4 is 0 Å². The molecule has 0 spiro atoms. The molecule has 1 heterocycles. The van der Waals surface area contributed by atoms with Crippen molar-refractivity contribution in [2.75, 3.05) is 13.2 Å². The minimum Gasteiger partial charge on any atom is -0.376 e. The van der Waals surface area contributed by atoms with Gasteiger partial charge in [-0.25, -0.2) is 11.3 Å². The topological polar surface area (TPSA) is 57.2 Å². The van der Waals surface area contributed by atoms with E-state index < -0.39 is 0 Å². The standard InChI is InChI=1S/C14H17N5O/c1-12(10-20-11-13-6-4-3-5-7-13)14-16-17-18-19(14)9-8-15-2/h3-7,12H,8-11H2,1H3/t12-/m1/s1. The Morgan fingerprint density at radius 1 is 1.35 bits per heavy atom. The number of aromatic nitrogens is 4. The minimum atomic E-state index is 0.0967. The number of ether oxygens (including phenoxy) is 1. The van der Waals surface area contributed by atoms with Gasteiger partial charge in [0.2, 0.25) is 6.54 Å². The molecule has 0 radical (unpaired) electrons. The zero-order chi connectivity index (χ0) is 14.2. The van der Waals surface area contributed by atoms with Gasteiger partial charge in [-0.3, -0.25) is 0 Å². The van der Waals surface area contributed by atoms with Crippen LogP contribution in [0.3, 0.4) is 0 Å². The fourth-order valence-corrected chi connectivity index (χ4v) is 1.87. The van der Waals surface area contributed by atoms with Gasteiger partial charge in [-0.15, -0.1) is 5.10 Å². The number of rotatable bonds is 7. The van der Waals surface area contributed by atoms with Crippen molar-refractivity contribution in [3.63, 3.8) is 0 Å². The van der Waals surface area contributed by atoms with E-state index >= 15 is 0 Å². The molecule has 104 valence electrons. The molecule has 1 aromatic carbocycles. The van der Waals surface area contributed by atoms with Gasteiger partial charge in [0.25, 0.3) is 0 Å². The van der Waals surface area contributed by atoms with Crippen molar-refractivity contribution in [1.82, 2.24) is 20.2 Å². The summed E-state index contributed by atoms with van der Waals surface area (Å²) in [6, 6.07) is 10.0. The molecule has 6 nitrogen and oxygen atoms in total. The molecule has 6 heteroatoms. The van der Waals surface area contributed by atoms with Gasteiger partial charge in [0.1, 0.15) is 6.54 Å². The van der Waals surface area contributed by atoms with Crippen molar-refractivity contribution < 1.29 is 4.74 Å². The SMILES string of the molecule is [C-]#[N+]CCn1nnnc1[C@H](C)COCc1ccccc1. The maximum atomic E-state index is 6.81. The highest BCUT2D eigenvalue weighted by atomic mass is 16.5. The molecule has 0 aliphatic carbocycles. The lowest BCUT2D eigenvalue weighted by Gasteiger charge is -2.11. The number of hydrogen-bond donors (Lipinski definition) is 0. The van der Waals surface area contributed by atoms with Crippen molar-refractivity contribution in [1.29, 1.82) is 0 Å². The van der Waals surface area contributed by atoms with Crippen molar-refractivity contribution in [3.8, 4) is 0 Å². The van der Waals surface area contributed by atoms with E-state index in [1.54, 1.807) is 4.68 Å². The van der Waals surface area contributed by atoms with E-state index in [4.69, 9.17) is 11.3 Å². The van der Waals surface area contributed by atoms with Crippen LogP contribution in [0.4, 0.5) is 0 Å². The zero-order valence-corrected chi connectivity index (χ0v) is 11.4. The van der Waals surface area contributed by atoms with Crippen LogP contribution in [-0.4, -0.2) is 33.4 Å². The maximum Gasteiger partial charge on any atom is 0.234 e. The summed E-state index contributed by atoms with van der Waals surface area (Å²) in [6.45, 7) is 10.9. The summed E-state index contributed by atoms with van der Waals surface area (Å²) in [5.74, 6) is 0.862. The molecule has 0 saturated carbocycles. The minimum absolute atomic E-state index is 0.0967. The van der Waals surface area contributed by atoms with E-state index in [-0.39, 0.29) is 5.92 Å². The van der Waals surface area contributed by atoms with E-state index in [2.05, 4.69) is 20.4 Å². The summed E-state index contributed by atoms with van der Waals surface area (Å²) >= 11 is 0. The smallest absolute Gasteiger partial charge is 0.234 e. The summed E-state index contributed by atoms with van der Waals surface area (Å²) in [4.78, 5) is 3.32. The Hall–Kier alpha value is -2.26. The molecule has 0 amide bonds. The predicted molar refractivity (Wildman–Crippen MR) is 73.8 cm³/mol. The first-order valence-corrected chi connectivity index (χ1v) is 6.52. The first-order valence-electron chi connectivity index (χ1n) is 6.52. The summed E-state index contributed by atoms with van der Waals surface area (Å²) in [7, 11) is 0. The van der Waals surface area contributed by atoms with Crippen LogP contribution < -0.4 is 0 Å². The average Bonchev–Trinajstić information content (AvgIpc) is 2.94. The molecule has 0 fully saturated rings. The Labute approximate surface area is 118 Å². The lowest BCUT2D eigenvalue weighted by Crippen LogP contribution is -2.14.